The monoisotopic (exact) mass is 407 g/mol. The molecule has 0 aliphatic heterocycles. The van der Waals surface area contributed by atoms with E-state index in [1.54, 1.807) is 12.1 Å². The van der Waals surface area contributed by atoms with Gasteiger partial charge in [0.2, 0.25) is 5.91 Å². The van der Waals surface area contributed by atoms with Gasteiger partial charge in [0, 0.05) is 21.0 Å². The summed E-state index contributed by atoms with van der Waals surface area (Å²) in [7, 11) is 0. The summed E-state index contributed by atoms with van der Waals surface area (Å²) in [6.45, 7) is 2.07. The third-order valence-electron chi connectivity index (χ3n) is 4.53. The first-order chi connectivity index (χ1) is 12.5. The van der Waals surface area contributed by atoms with Crippen LogP contribution < -0.4 is 10.6 Å². The first kappa shape index (κ1) is 19.2. The van der Waals surface area contributed by atoms with Crippen LogP contribution in [0.1, 0.15) is 47.4 Å². The SMILES string of the molecule is C[C@H](NCC(=O)Nc1sc2c(c1C#N)CCCC2)c1ccc(Cl)cc1Cl. The summed E-state index contributed by atoms with van der Waals surface area (Å²) in [5.74, 6) is -0.169. The number of rotatable bonds is 5. The molecule has 3 rings (SSSR count). The highest BCUT2D eigenvalue weighted by molar-refractivity contribution is 7.16. The Bertz CT molecular complexity index is 872. The molecule has 1 aromatic carbocycles. The molecule has 0 spiro atoms. The van der Waals surface area contributed by atoms with Crippen LogP contribution in [0, 0.1) is 11.3 Å². The van der Waals surface area contributed by atoms with E-state index in [0.29, 0.717) is 20.6 Å². The smallest absolute Gasteiger partial charge is 0.238 e. The Hall–Kier alpha value is -1.58. The zero-order valence-corrected chi connectivity index (χ0v) is 16.7. The van der Waals surface area contributed by atoms with E-state index in [2.05, 4.69) is 16.7 Å². The van der Waals surface area contributed by atoms with Crippen LogP contribution in [0.3, 0.4) is 0 Å². The number of hydrogen-bond acceptors (Lipinski definition) is 4. The number of carbonyl (C=O) groups excluding carboxylic acids is 1. The van der Waals surface area contributed by atoms with Crippen molar-refractivity contribution in [2.45, 2.75) is 38.6 Å². The van der Waals surface area contributed by atoms with Crippen molar-refractivity contribution in [2.24, 2.45) is 0 Å². The van der Waals surface area contributed by atoms with Crippen LogP contribution in [0.2, 0.25) is 10.0 Å². The quantitative estimate of drug-likeness (QED) is 0.724. The van der Waals surface area contributed by atoms with E-state index in [1.165, 1.54) is 16.2 Å². The Morgan fingerprint density at radius 2 is 2.12 bits per heavy atom. The van der Waals surface area contributed by atoms with Gasteiger partial charge in [-0.05, 0) is 55.9 Å². The second kappa shape index (κ2) is 8.41. The van der Waals surface area contributed by atoms with Crippen molar-refractivity contribution in [1.82, 2.24) is 5.32 Å². The third-order valence-corrected chi connectivity index (χ3v) is 6.30. The van der Waals surface area contributed by atoms with Crippen molar-refractivity contribution >= 4 is 45.4 Å². The molecule has 0 saturated heterocycles. The van der Waals surface area contributed by atoms with E-state index in [9.17, 15) is 10.1 Å². The highest BCUT2D eigenvalue weighted by Crippen LogP contribution is 2.37. The van der Waals surface area contributed by atoms with Gasteiger partial charge in [-0.2, -0.15) is 5.26 Å². The predicted molar refractivity (Wildman–Crippen MR) is 107 cm³/mol. The number of hydrogen-bond donors (Lipinski definition) is 2. The summed E-state index contributed by atoms with van der Waals surface area (Å²) in [6.07, 6.45) is 4.17. The minimum absolute atomic E-state index is 0.0995. The number of nitrogens with zero attached hydrogens (tertiary/aromatic N) is 1. The van der Waals surface area contributed by atoms with E-state index in [0.717, 1.165) is 36.8 Å². The van der Waals surface area contributed by atoms with Crippen LogP contribution in [0.15, 0.2) is 18.2 Å². The Balaban J connectivity index is 1.63. The number of carbonyl (C=O) groups is 1. The average molecular weight is 408 g/mol. The van der Waals surface area contributed by atoms with Gasteiger partial charge in [0.15, 0.2) is 0 Å². The molecule has 2 aromatic rings. The molecule has 0 saturated carbocycles. The van der Waals surface area contributed by atoms with Crippen molar-refractivity contribution in [3.05, 3.63) is 49.8 Å². The van der Waals surface area contributed by atoms with Gasteiger partial charge in [0.05, 0.1) is 12.1 Å². The Morgan fingerprint density at radius 1 is 1.35 bits per heavy atom. The number of anilines is 1. The topological polar surface area (TPSA) is 64.9 Å². The van der Waals surface area contributed by atoms with E-state index >= 15 is 0 Å². The molecule has 1 aliphatic rings. The lowest BCUT2D eigenvalue weighted by atomic mass is 9.96. The van der Waals surface area contributed by atoms with Gasteiger partial charge in [0.25, 0.3) is 0 Å². The molecule has 2 N–H and O–H groups in total. The minimum Gasteiger partial charge on any atom is -0.315 e. The Kier molecular flexibility index (Phi) is 6.20. The van der Waals surface area contributed by atoms with Crippen LogP contribution in [-0.2, 0) is 17.6 Å². The lowest BCUT2D eigenvalue weighted by Gasteiger charge is -2.15. The van der Waals surface area contributed by atoms with Crippen LogP contribution in [0.5, 0.6) is 0 Å². The van der Waals surface area contributed by atoms with Gasteiger partial charge >= 0.3 is 0 Å². The number of thiophene rings is 1. The molecule has 1 aliphatic carbocycles. The third kappa shape index (κ3) is 4.21. The van der Waals surface area contributed by atoms with E-state index in [1.807, 2.05) is 13.0 Å². The summed E-state index contributed by atoms with van der Waals surface area (Å²) in [4.78, 5) is 13.6. The van der Waals surface area contributed by atoms with Crippen LogP contribution in [-0.4, -0.2) is 12.5 Å². The maximum Gasteiger partial charge on any atom is 0.238 e. The first-order valence-corrected chi connectivity index (χ1v) is 10.1. The van der Waals surface area contributed by atoms with Gasteiger partial charge < -0.3 is 10.6 Å². The van der Waals surface area contributed by atoms with Gasteiger partial charge in [0.1, 0.15) is 11.1 Å². The molecule has 0 radical (unpaired) electrons. The second-order valence-corrected chi connectivity index (χ2v) is 8.29. The lowest BCUT2D eigenvalue weighted by Crippen LogP contribution is -2.30. The lowest BCUT2D eigenvalue weighted by molar-refractivity contribution is -0.115. The van der Waals surface area contributed by atoms with Gasteiger partial charge in [-0.3, -0.25) is 4.79 Å². The predicted octanol–water partition coefficient (Wildman–Crippen LogP) is 5.09. The van der Waals surface area contributed by atoms with Crippen molar-refractivity contribution in [3.63, 3.8) is 0 Å². The fraction of sp³-hybridized carbons (Fsp3) is 0.368. The summed E-state index contributed by atoms with van der Waals surface area (Å²) in [6, 6.07) is 7.47. The first-order valence-electron chi connectivity index (χ1n) is 8.52. The highest BCUT2D eigenvalue weighted by Gasteiger charge is 2.22. The molecule has 1 amide bonds. The largest absolute Gasteiger partial charge is 0.315 e. The molecule has 26 heavy (non-hydrogen) atoms. The molecule has 0 fully saturated rings. The summed E-state index contributed by atoms with van der Waals surface area (Å²) in [5, 5.41) is 17.3. The maximum atomic E-state index is 12.3. The molecular formula is C19H19Cl2N3OS. The summed E-state index contributed by atoms with van der Waals surface area (Å²) in [5.41, 5.74) is 2.63. The molecule has 0 bridgehead atoms. The molecule has 136 valence electrons. The minimum atomic E-state index is -0.169. The standard InChI is InChI=1S/C19H19Cl2N3OS/c1-11(13-7-6-12(20)8-16(13)21)23-10-18(25)24-19-15(9-22)14-4-2-3-5-17(14)26-19/h6-8,11,23H,2-5,10H2,1H3,(H,24,25)/t11-/m0/s1. The molecule has 1 atom stereocenters. The summed E-state index contributed by atoms with van der Waals surface area (Å²) < 4.78 is 0. The summed E-state index contributed by atoms with van der Waals surface area (Å²) >= 11 is 13.7. The van der Waals surface area contributed by atoms with E-state index in [-0.39, 0.29) is 18.5 Å². The van der Waals surface area contributed by atoms with Crippen molar-refractivity contribution in [3.8, 4) is 6.07 Å². The van der Waals surface area contributed by atoms with Crippen LogP contribution >= 0.6 is 34.5 Å². The molecular weight excluding hydrogens is 389 g/mol. The zero-order chi connectivity index (χ0) is 18.7. The van der Waals surface area contributed by atoms with Crippen molar-refractivity contribution in [2.75, 3.05) is 11.9 Å². The molecule has 1 aromatic heterocycles. The van der Waals surface area contributed by atoms with Crippen LogP contribution in [0.25, 0.3) is 0 Å². The maximum absolute atomic E-state index is 12.3. The van der Waals surface area contributed by atoms with E-state index in [4.69, 9.17) is 23.2 Å². The number of amides is 1. The number of benzene rings is 1. The molecule has 4 nitrogen and oxygen atoms in total. The number of halogens is 2. The Morgan fingerprint density at radius 3 is 2.85 bits per heavy atom. The normalized spacial score (nSPS) is 14.4. The molecule has 1 heterocycles. The Labute approximate surface area is 167 Å². The van der Waals surface area contributed by atoms with Gasteiger partial charge in [-0.25, -0.2) is 0 Å². The van der Waals surface area contributed by atoms with Crippen molar-refractivity contribution < 1.29 is 4.79 Å². The van der Waals surface area contributed by atoms with Gasteiger partial charge in [-0.1, -0.05) is 29.3 Å². The number of fused-ring (bicyclic) bond motifs is 1. The van der Waals surface area contributed by atoms with Crippen molar-refractivity contribution in [1.29, 1.82) is 5.26 Å². The molecule has 7 heteroatoms. The second-order valence-electron chi connectivity index (χ2n) is 6.34. The number of aryl methyl sites for hydroxylation is 1. The number of nitriles is 1. The van der Waals surface area contributed by atoms with Crippen LogP contribution in [0.4, 0.5) is 5.00 Å². The fourth-order valence-corrected chi connectivity index (χ4v) is 4.98. The fourth-order valence-electron chi connectivity index (χ4n) is 3.15. The number of nitrogens with one attached hydrogen (secondary N) is 2. The van der Waals surface area contributed by atoms with E-state index < -0.39 is 0 Å². The zero-order valence-electron chi connectivity index (χ0n) is 14.4. The van der Waals surface area contributed by atoms with Gasteiger partial charge in [-0.15, -0.1) is 11.3 Å². The average Bonchev–Trinajstić information content (AvgIpc) is 2.96. The molecule has 0 unspecified atom stereocenters. The highest BCUT2D eigenvalue weighted by atomic mass is 35.5.